The van der Waals surface area contributed by atoms with Crippen molar-refractivity contribution in [2.45, 2.75) is 25.4 Å². The quantitative estimate of drug-likeness (QED) is 0.657. The van der Waals surface area contributed by atoms with Crippen molar-refractivity contribution in [3.05, 3.63) is 54.1 Å². The van der Waals surface area contributed by atoms with Gasteiger partial charge in [-0.3, -0.25) is 4.98 Å². The molecule has 0 amide bonds. The highest BCUT2D eigenvalue weighted by atomic mass is 19.1. The minimum Gasteiger partial charge on any atom is -0.457 e. The number of guanidine groups is 1. The van der Waals surface area contributed by atoms with Crippen LogP contribution in [0.1, 0.15) is 18.5 Å². The Labute approximate surface area is 128 Å². The highest BCUT2D eigenvalue weighted by molar-refractivity contribution is 5.78. The smallest absolute Gasteiger partial charge is 0.189 e. The third kappa shape index (κ3) is 4.18. The van der Waals surface area contributed by atoms with E-state index < -0.39 is 0 Å². The maximum atomic E-state index is 12.9. The fourth-order valence-corrected chi connectivity index (χ4v) is 1.89. The van der Waals surface area contributed by atoms with E-state index in [0.29, 0.717) is 30.0 Å². The molecule has 0 atom stereocenters. The van der Waals surface area contributed by atoms with Gasteiger partial charge >= 0.3 is 0 Å². The molecule has 1 aromatic carbocycles. The largest absolute Gasteiger partial charge is 0.457 e. The molecule has 0 saturated heterocycles. The lowest BCUT2D eigenvalue weighted by Gasteiger charge is -2.07. The van der Waals surface area contributed by atoms with Crippen LogP contribution in [-0.2, 0) is 6.54 Å². The van der Waals surface area contributed by atoms with E-state index in [0.717, 1.165) is 18.5 Å². The highest BCUT2D eigenvalue weighted by Gasteiger charge is 2.21. The number of aliphatic imine (C=N–C) groups is 1. The van der Waals surface area contributed by atoms with Gasteiger partial charge in [0.15, 0.2) is 5.96 Å². The molecule has 2 aromatic rings. The minimum absolute atomic E-state index is 0.296. The molecular weight excluding hydrogens is 283 g/mol. The Morgan fingerprint density at radius 2 is 2.05 bits per heavy atom. The van der Waals surface area contributed by atoms with E-state index in [9.17, 15) is 4.39 Å². The average molecular weight is 300 g/mol. The summed E-state index contributed by atoms with van der Waals surface area (Å²) in [4.78, 5) is 8.48. The zero-order valence-corrected chi connectivity index (χ0v) is 12.0. The van der Waals surface area contributed by atoms with E-state index in [1.807, 2.05) is 0 Å². The van der Waals surface area contributed by atoms with Crippen molar-refractivity contribution in [2.75, 3.05) is 0 Å². The first-order valence-corrected chi connectivity index (χ1v) is 7.14. The minimum atomic E-state index is -0.296. The van der Waals surface area contributed by atoms with E-state index in [4.69, 9.17) is 10.5 Å². The Morgan fingerprint density at radius 3 is 2.77 bits per heavy atom. The number of pyridine rings is 1. The summed E-state index contributed by atoms with van der Waals surface area (Å²) < 4.78 is 18.5. The molecule has 6 heteroatoms. The summed E-state index contributed by atoms with van der Waals surface area (Å²) in [5.74, 6) is 1.34. The molecule has 0 aliphatic heterocycles. The maximum absolute atomic E-state index is 12.9. The lowest BCUT2D eigenvalue weighted by Crippen LogP contribution is -2.33. The molecular formula is C16H17FN4O. The standard InChI is InChI=1S/C16H17FN4O/c17-11-1-5-14(6-2-11)22-15-7-8-19-13(9-15)10-20-16(18)21-12-3-4-12/h1-2,5-9,12H,3-4,10H2,(H3,18,20,21). The zero-order valence-electron chi connectivity index (χ0n) is 12.0. The molecule has 1 heterocycles. The lowest BCUT2D eigenvalue weighted by molar-refractivity contribution is 0.479. The molecule has 3 rings (SSSR count). The van der Waals surface area contributed by atoms with Crippen molar-refractivity contribution >= 4 is 5.96 Å². The number of nitrogens with zero attached hydrogens (tertiary/aromatic N) is 2. The summed E-state index contributed by atoms with van der Waals surface area (Å²) in [7, 11) is 0. The highest BCUT2D eigenvalue weighted by Crippen LogP contribution is 2.22. The van der Waals surface area contributed by atoms with Crippen molar-refractivity contribution in [3.8, 4) is 11.5 Å². The van der Waals surface area contributed by atoms with Gasteiger partial charge in [-0.25, -0.2) is 9.38 Å². The fourth-order valence-electron chi connectivity index (χ4n) is 1.89. The molecule has 1 aromatic heterocycles. The second-order valence-electron chi connectivity index (χ2n) is 5.16. The van der Waals surface area contributed by atoms with Gasteiger partial charge in [0.05, 0.1) is 12.2 Å². The van der Waals surface area contributed by atoms with Gasteiger partial charge < -0.3 is 15.8 Å². The van der Waals surface area contributed by atoms with Gasteiger partial charge in [0.1, 0.15) is 17.3 Å². The topological polar surface area (TPSA) is 72.5 Å². The molecule has 0 unspecified atom stereocenters. The van der Waals surface area contributed by atoms with Crippen LogP contribution < -0.4 is 15.8 Å². The number of benzene rings is 1. The number of hydrogen-bond donors (Lipinski definition) is 2. The van der Waals surface area contributed by atoms with Crippen LogP contribution in [-0.4, -0.2) is 17.0 Å². The Hall–Kier alpha value is -2.63. The van der Waals surface area contributed by atoms with Gasteiger partial charge in [-0.1, -0.05) is 0 Å². The van der Waals surface area contributed by atoms with Gasteiger partial charge in [-0.15, -0.1) is 0 Å². The predicted molar refractivity (Wildman–Crippen MR) is 82.2 cm³/mol. The number of aromatic nitrogens is 1. The summed E-state index contributed by atoms with van der Waals surface area (Å²) in [6.45, 7) is 0.381. The third-order valence-corrected chi connectivity index (χ3v) is 3.18. The molecule has 1 saturated carbocycles. The lowest BCUT2D eigenvalue weighted by atomic mass is 10.3. The van der Waals surface area contributed by atoms with Gasteiger partial charge in [-0.2, -0.15) is 0 Å². The summed E-state index contributed by atoms with van der Waals surface area (Å²) in [6.07, 6.45) is 3.94. The monoisotopic (exact) mass is 300 g/mol. The van der Waals surface area contributed by atoms with Crippen molar-refractivity contribution < 1.29 is 9.13 Å². The third-order valence-electron chi connectivity index (χ3n) is 3.18. The molecule has 1 aliphatic rings. The van der Waals surface area contributed by atoms with Crippen molar-refractivity contribution in [2.24, 2.45) is 10.7 Å². The van der Waals surface area contributed by atoms with Crippen LogP contribution >= 0.6 is 0 Å². The van der Waals surface area contributed by atoms with Crippen molar-refractivity contribution in [3.63, 3.8) is 0 Å². The van der Waals surface area contributed by atoms with Crippen molar-refractivity contribution in [1.29, 1.82) is 0 Å². The molecule has 0 radical (unpaired) electrons. The molecule has 5 nitrogen and oxygen atoms in total. The predicted octanol–water partition coefficient (Wildman–Crippen LogP) is 2.58. The summed E-state index contributed by atoms with van der Waals surface area (Å²) in [5, 5.41) is 3.12. The van der Waals surface area contributed by atoms with Crippen LogP contribution in [0.5, 0.6) is 11.5 Å². The van der Waals surface area contributed by atoms with Crippen LogP contribution in [0, 0.1) is 5.82 Å². The molecule has 0 spiro atoms. The Morgan fingerprint density at radius 1 is 1.27 bits per heavy atom. The number of nitrogens with two attached hydrogens (primary N) is 1. The van der Waals surface area contributed by atoms with Gasteiger partial charge in [0, 0.05) is 18.3 Å². The van der Waals surface area contributed by atoms with E-state index in [2.05, 4.69) is 15.3 Å². The van der Waals surface area contributed by atoms with Crippen LogP contribution in [0.4, 0.5) is 4.39 Å². The number of rotatable bonds is 5. The summed E-state index contributed by atoms with van der Waals surface area (Å²) in [6, 6.07) is 9.86. The van der Waals surface area contributed by atoms with E-state index in [1.54, 1.807) is 30.5 Å². The SMILES string of the molecule is NC(=NCc1cc(Oc2ccc(F)cc2)ccn1)NC1CC1. The first-order valence-electron chi connectivity index (χ1n) is 7.14. The fraction of sp³-hybridized carbons (Fsp3) is 0.250. The van der Waals surface area contributed by atoms with E-state index in [1.165, 1.54) is 12.1 Å². The van der Waals surface area contributed by atoms with E-state index in [-0.39, 0.29) is 5.82 Å². The molecule has 3 N–H and O–H groups in total. The Balaban J connectivity index is 1.62. The second-order valence-corrected chi connectivity index (χ2v) is 5.16. The first kappa shape index (κ1) is 14.3. The molecule has 0 bridgehead atoms. The summed E-state index contributed by atoms with van der Waals surface area (Å²) >= 11 is 0. The summed E-state index contributed by atoms with van der Waals surface area (Å²) in [5.41, 5.74) is 6.53. The van der Waals surface area contributed by atoms with Crippen LogP contribution in [0.2, 0.25) is 0 Å². The van der Waals surface area contributed by atoms with Crippen LogP contribution in [0.15, 0.2) is 47.6 Å². The maximum Gasteiger partial charge on any atom is 0.189 e. The van der Waals surface area contributed by atoms with E-state index >= 15 is 0 Å². The molecule has 1 aliphatic carbocycles. The molecule has 22 heavy (non-hydrogen) atoms. The van der Waals surface area contributed by atoms with Gasteiger partial charge in [0.25, 0.3) is 0 Å². The average Bonchev–Trinajstić information content (AvgIpc) is 3.32. The normalized spacial score (nSPS) is 14.7. The zero-order chi connectivity index (χ0) is 15.4. The number of nitrogens with one attached hydrogen (secondary N) is 1. The van der Waals surface area contributed by atoms with Gasteiger partial charge in [-0.05, 0) is 43.2 Å². The number of halogens is 1. The Bertz CT molecular complexity index is 668. The van der Waals surface area contributed by atoms with Crippen molar-refractivity contribution in [1.82, 2.24) is 10.3 Å². The number of ether oxygens (including phenoxy) is 1. The number of hydrogen-bond acceptors (Lipinski definition) is 3. The van der Waals surface area contributed by atoms with Gasteiger partial charge in [0.2, 0.25) is 0 Å². The Kier molecular flexibility index (Phi) is 4.18. The molecule has 114 valence electrons. The van der Waals surface area contributed by atoms with Crippen LogP contribution in [0.25, 0.3) is 0 Å². The molecule has 1 fully saturated rings. The second kappa shape index (κ2) is 6.43. The van der Waals surface area contributed by atoms with Crippen LogP contribution in [0.3, 0.4) is 0 Å². The first-order chi connectivity index (χ1) is 10.7.